The molecule has 2 aromatic heterocycles. The largest absolute Gasteiger partial charge is 0.384 e. The minimum absolute atomic E-state index is 0.163. The topological polar surface area (TPSA) is 98.7 Å². The highest BCUT2D eigenvalue weighted by Crippen LogP contribution is 2.14. The zero-order valence-electron chi connectivity index (χ0n) is 11.1. The minimum atomic E-state index is -0.245. The van der Waals surface area contributed by atoms with Crippen molar-refractivity contribution in [1.29, 1.82) is 0 Å². The summed E-state index contributed by atoms with van der Waals surface area (Å²) in [4.78, 5) is 20.0. The number of nitrogens with zero attached hydrogens (tertiary/aromatic N) is 4. The SMILES string of the molecule is CNC(=O)c1ccn(-c2cc(N)nc(C(C)C)n2)n1. The molecule has 7 nitrogen and oxygen atoms in total. The Balaban J connectivity index is 2.41. The molecule has 0 aliphatic rings. The Bertz CT molecular complexity index is 604. The average Bonchev–Trinajstić information content (AvgIpc) is 2.86. The Labute approximate surface area is 110 Å². The van der Waals surface area contributed by atoms with Gasteiger partial charge in [0.2, 0.25) is 0 Å². The van der Waals surface area contributed by atoms with E-state index in [-0.39, 0.29) is 11.8 Å². The van der Waals surface area contributed by atoms with Crippen LogP contribution in [0.5, 0.6) is 0 Å². The molecule has 3 N–H and O–H groups in total. The molecule has 0 atom stereocenters. The molecule has 0 aliphatic heterocycles. The summed E-state index contributed by atoms with van der Waals surface area (Å²) in [5.41, 5.74) is 6.08. The van der Waals surface area contributed by atoms with E-state index in [1.54, 1.807) is 25.4 Å². The zero-order valence-corrected chi connectivity index (χ0v) is 11.1. The number of anilines is 1. The van der Waals surface area contributed by atoms with Crippen LogP contribution in [0.15, 0.2) is 18.3 Å². The van der Waals surface area contributed by atoms with Crippen LogP contribution in [0, 0.1) is 0 Å². The van der Waals surface area contributed by atoms with Crippen LogP contribution >= 0.6 is 0 Å². The molecule has 0 saturated heterocycles. The number of rotatable bonds is 3. The Morgan fingerprint density at radius 2 is 2.16 bits per heavy atom. The van der Waals surface area contributed by atoms with Crippen molar-refractivity contribution in [2.45, 2.75) is 19.8 Å². The minimum Gasteiger partial charge on any atom is -0.384 e. The van der Waals surface area contributed by atoms with Crippen LogP contribution in [0.1, 0.15) is 36.1 Å². The zero-order chi connectivity index (χ0) is 14.0. The summed E-state index contributed by atoms with van der Waals surface area (Å²) < 4.78 is 1.51. The highest BCUT2D eigenvalue weighted by atomic mass is 16.1. The van der Waals surface area contributed by atoms with E-state index in [4.69, 9.17) is 5.73 Å². The third-order valence-corrected chi connectivity index (χ3v) is 2.55. The third-order valence-electron chi connectivity index (χ3n) is 2.55. The van der Waals surface area contributed by atoms with Crippen LogP contribution in [0.25, 0.3) is 5.82 Å². The van der Waals surface area contributed by atoms with Crippen molar-refractivity contribution in [3.63, 3.8) is 0 Å². The summed E-state index contributed by atoms with van der Waals surface area (Å²) in [5, 5.41) is 6.67. The van der Waals surface area contributed by atoms with Crippen LogP contribution in [0.4, 0.5) is 5.82 Å². The fraction of sp³-hybridized carbons (Fsp3) is 0.333. The standard InChI is InChI=1S/C12H16N6O/c1-7(2)11-15-9(13)6-10(16-11)18-5-4-8(17-18)12(19)14-3/h4-7H,1-3H3,(H,14,19)(H2,13,15,16). The first-order valence-electron chi connectivity index (χ1n) is 5.94. The maximum Gasteiger partial charge on any atom is 0.271 e. The molecule has 100 valence electrons. The van der Waals surface area contributed by atoms with E-state index >= 15 is 0 Å². The van der Waals surface area contributed by atoms with Crippen molar-refractivity contribution in [3.05, 3.63) is 29.8 Å². The summed E-state index contributed by atoms with van der Waals surface area (Å²) >= 11 is 0. The molecule has 0 aromatic carbocycles. The van der Waals surface area contributed by atoms with Gasteiger partial charge < -0.3 is 11.1 Å². The van der Waals surface area contributed by atoms with Gasteiger partial charge in [0.25, 0.3) is 5.91 Å². The normalized spacial score (nSPS) is 10.7. The number of carbonyl (C=O) groups is 1. The number of amides is 1. The third kappa shape index (κ3) is 2.70. The smallest absolute Gasteiger partial charge is 0.271 e. The fourth-order valence-corrected chi connectivity index (χ4v) is 1.55. The Hall–Kier alpha value is -2.44. The first-order valence-corrected chi connectivity index (χ1v) is 5.94. The molecule has 0 saturated carbocycles. The molecule has 2 aromatic rings. The number of carbonyl (C=O) groups excluding carboxylic acids is 1. The van der Waals surface area contributed by atoms with Crippen LogP contribution < -0.4 is 11.1 Å². The maximum absolute atomic E-state index is 11.5. The van der Waals surface area contributed by atoms with Gasteiger partial charge in [-0.15, -0.1) is 0 Å². The maximum atomic E-state index is 11.5. The number of aromatic nitrogens is 4. The van der Waals surface area contributed by atoms with Crippen molar-refractivity contribution in [1.82, 2.24) is 25.1 Å². The lowest BCUT2D eigenvalue weighted by molar-refractivity contribution is 0.0957. The number of nitrogens with one attached hydrogen (secondary N) is 1. The van der Waals surface area contributed by atoms with E-state index in [0.29, 0.717) is 23.2 Å². The number of nitrogen functional groups attached to an aromatic ring is 1. The van der Waals surface area contributed by atoms with Crippen LogP contribution in [-0.2, 0) is 0 Å². The average molecular weight is 260 g/mol. The molecule has 19 heavy (non-hydrogen) atoms. The molecule has 0 aliphatic carbocycles. The lowest BCUT2D eigenvalue weighted by atomic mass is 10.2. The van der Waals surface area contributed by atoms with Crippen molar-refractivity contribution in [2.24, 2.45) is 0 Å². The molecular formula is C12H16N6O. The monoisotopic (exact) mass is 260 g/mol. The van der Waals surface area contributed by atoms with Crippen LogP contribution in [-0.4, -0.2) is 32.7 Å². The number of hydrogen-bond acceptors (Lipinski definition) is 5. The summed E-state index contributed by atoms with van der Waals surface area (Å²) in [6.45, 7) is 3.97. The van der Waals surface area contributed by atoms with Gasteiger partial charge in [0.1, 0.15) is 11.6 Å². The van der Waals surface area contributed by atoms with Crippen molar-refractivity contribution < 1.29 is 4.79 Å². The molecule has 0 radical (unpaired) electrons. The summed E-state index contributed by atoms with van der Waals surface area (Å²) in [6.07, 6.45) is 1.66. The highest BCUT2D eigenvalue weighted by Gasteiger charge is 2.11. The summed E-state index contributed by atoms with van der Waals surface area (Å²) in [5.74, 6) is 1.49. The van der Waals surface area contributed by atoms with Crippen LogP contribution in [0.2, 0.25) is 0 Å². The van der Waals surface area contributed by atoms with E-state index < -0.39 is 0 Å². The van der Waals surface area contributed by atoms with Crippen molar-refractivity contribution in [2.75, 3.05) is 12.8 Å². The van der Waals surface area contributed by atoms with Gasteiger partial charge in [-0.25, -0.2) is 14.6 Å². The van der Waals surface area contributed by atoms with E-state index in [1.165, 1.54) is 4.68 Å². The van der Waals surface area contributed by atoms with Crippen LogP contribution in [0.3, 0.4) is 0 Å². The number of nitrogens with two attached hydrogens (primary N) is 1. The predicted octanol–water partition coefficient (Wildman–Crippen LogP) is 0.727. The van der Waals surface area contributed by atoms with Gasteiger partial charge in [0, 0.05) is 25.2 Å². The quantitative estimate of drug-likeness (QED) is 0.847. The van der Waals surface area contributed by atoms with E-state index in [0.717, 1.165) is 0 Å². The van der Waals surface area contributed by atoms with E-state index in [1.807, 2.05) is 13.8 Å². The molecule has 0 fully saturated rings. The van der Waals surface area contributed by atoms with Crippen molar-refractivity contribution >= 4 is 11.7 Å². The summed E-state index contributed by atoms with van der Waals surface area (Å²) in [7, 11) is 1.56. The molecule has 0 unspecified atom stereocenters. The second kappa shape index (κ2) is 5.05. The van der Waals surface area contributed by atoms with Gasteiger partial charge >= 0.3 is 0 Å². The Morgan fingerprint density at radius 1 is 1.42 bits per heavy atom. The van der Waals surface area contributed by atoms with Gasteiger partial charge in [-0.1, -0.05) is 13.8 Å². The lowest BCUT2D eigenvalue weighted by Crippen LogP contribution is -2.18. The molecule has 7 heteroatoms. The Morgan fingerprint density at radius 3 is 2.79 bits per heavy atom. The first-order chi connectivity index (χ1) is 9.01. The molecule has 1 amide bonds. The second-order valence-electron chi connectivity index (χ2n) is 4.39. The molecule has 2 heterocycles. The molecule has 2 rings (SSSR count). The molecule has 0 spiro atoms. The predicted molar refractivity (Wildman–Crippen MR) is 71.0 cm³/mol. The fourth-order valence-electron chi connectivity index (χ4n) is 1.55. The Kier molecular flexibility index (Phi) is 3.46. The molecule has 0 bridgehead atoms. The first kappa shape index (κ1) is 13.0. The highest BCUT2D eigenvalue weighted by molar-refractivity contribution is 5.91. The van der Waals surface area contributed by atoms with Gasteiger partial charge in [0.05, 0.1) is 0 Å². The number of hydrogen-bond donors (Lipinski definition) is 2. The van der Waals surface area contributed by atoms with Gasteiger partial charge in [-0.05, 0) is 6.07 Å². The van der Waals surface area contributed by atoms with Crippen molar-refractivity contribution in [3.8, 4) is 5.82 Å². The molecular weight excluding hydrogens is 244 g/mol. The summed E-state index contributed by atoms with van der Waals surface area (Å²) in [6, 6.07) is 3.23. The van der Waals surface area contributed by atoms with Gasteiger partial charge in [-0.3, -0.25) is 4.79 Å². The van der Waals surface area contributed by atoms with Gasteiger partial charge in [0.15, 0.2) is 11.5 Å². The van der Waals surface area contributed by atoms with E-state index in [2.05, 4.69) is 20.4 Å². The van der Waals surface area contributed by atoms with E-state index in [9.17, 15) is 4.79 Å². The lowest BCUT2D eigenvalue weighted by Gasteiger charge is -2.07. The van der Waals surface area contributed by atoms with Gasteiger partial charge in [-0.2, -0.15) is 5.10 Å². The second-order valence-corrected chi connectivity index (χ2v) is 4.39.